The molecule has 0 bridgehead atoms. The topological polar surface area (TPSA) is 32.3 Å². The molecule has 2 aromatic rings. The van der Waals surface area contributed by atoms with E-state index in [1.807, 2.05) is 24.3 Å². The zero-order chi connectivity index (χ0) is 18.1. The van der Waals surface area contributed by atoms with Crippen LogP contribution in [-0.4, -0.2) is 5.11 Å². The lowest BCUT2D eigenvalue weighted by Crippen LogP contribution is -2.18. The number of hydrogen-bond donors (Lipinski definition) is 3. The molecule has 0 aromatic heterocycles. The van der Waals surface area contributed by atoms with Gasteiger partial charge in [0.15, 0.2) is 0 Å². The van der Waals surface area contributed by atoms with Gasteiger partial charge in [-0.3, -0.25) is 0 Å². The Bertz CT molecular complexity index is 724. The standard InChI is InChI=1S/C21H29NOS/c1-20(2,3)15-11-14(19(23)16(12-15)21(4,5)6)13-22-17-9-7-8-10-18(17)24/h7-12,22-24H,13H2,1-6H3. The molecule has 0 aliphatic heterocycles. The Kier molecular flexibility index (Phi) is 5.24. The van der Waals surface area contributed by atoms with E-state index in [0.717, 1.165) is 21.7 Å². The van der Waals surface area contributed by atoms with Gasteiger partial charge in [0.1, 0.15) is 5.75 Å². The van der Waals surface area contributed by atoms with E-state index in [4.69, 9.17) is 0 Å². The highest BCUT2D eigenvalue weighted by Gasteiger charge is 2.24. The molecule has 0 unspecified atom stereocenters. The van der Waals surface area contributed by atoms with Crippen LogP contribution in [0.2, 0.25) is 0 Å². The number of anilines is 1. The number of aromatic hydroxyl groups is 1. The van der Waals surface area contributed by atoms with Crippen molar-refractivity contribution in [1.82, 2.24) is 0 Å². The molecule has 3 heteroatoms. The normalized spacial score (nSPS) is 12.3. The summed E-state index contributed by atoms with van der Waals surface area (Å²) in [5.41, 5.74) is 4.04. The van der Waals surface area contributed by atoms with Crippen LogP contribution in [0.1, 0.15) is 58.2 Å². The van der Waals surface area contributed by atoms with Crippen molar-refractivity contribution < 1.29 is 5.11 Å². The van der Waals surface area contributed by atoms with E-state index in [9.17, 15) is 5.11 Å². The first-order valence-corrected chi connectivity index (χ1v) is 8.83. The second kappa shape index (κ2) is 6.72. The molecule has 2 rings (SSSR count). The van der Waals surface area contributed by atoms with Gasteiger partial charge >= 0.3 is 0 Å². The molecular weight excluding hydrogens is 314 g/mol. The van der Waals surface area contributed by atoms with E-state index in [1.54, 1.807) is 0 Å². The van der Waals surface area contributed by atoms with Crippen LogP contribution in [0.4, 0.5) is 5.69 Å². The molecule has 24 heavy (non-hydrogen) atoms. The average Bonchev–Trinajstić information content (AvgIpc) is 2.45. The molecule has 0 saturated carbocycles. The summed E-state index contributed by atoms with van der Waals surface area (Å²) < 4.78 is 0. The molecular formula is C21H29NOS. The number of nitrogens with one attached hydrogen (secondary N) is 1. The van der Waals surface area contributed by atoms with Gasteiger partial charge < -0.3 is 10.4 Å². The summed E-state index contributed by atoms with van der Waals surface area (Å²) in [6.45, 7) is 13.6. The van der Waals surface area contributed by atoms with Crippen molar-refractivity contribution in [2.24, 2.45) is 0 Å². The van der Waals surface area contributed by atoms with Gasteiger partial charge in [-0.05, 0) is 40.2 Å². The van der Waals surface area contributed by atoms with E-state index in [0.29, 0.717) is 12.3 Å². The van der Waals surface area contributed by atoms with Gasteiger partial charge in [-0.2, -0.15) is 0 Å². The second-order valence-electron chi connectivity index (χ2n) is 8.40. The van der Waals surface area contributed by atoms with Gasteiger partial charge in [0, 0.05) is 22.7 Å². The molecule has 0 aliphatic rings. The number of benzene rings is 2. The van der Waals surface area contributed by atoms with Crippen molar-refractivity contribution >= 4 is 18.3 Å². The maximum Gasteiger partial charge on any atom is 0.124 e. The van der Waals surface area contributed by atoms with E-state index < -0.39 is 0 Å². The fourth-order valence-corrected chi connectivity index (χ4v) is 2.89. The highest BCUT2D eigenvalue weighted by molar-refractivity contribution is 7.80. The Morgan fingerprint density at radius 2 is 1.58 bits per heavy atom. The van der Waals surface area contributed by atoms with Gasteiger partial charge in [-0.15, -0.1) is 12.6 Å². The maximum atomic E-state index is 10.8. The Morgan fingerprint density at radius 3 is 2.12 bits per heavy atom. The van der Waals surface area contributed by atoms with Gasteiger partial charge in [-0.1, -0.05) is 59.7 Å². The molecule has 2 N–H and O–H groups in total. The van der Waals surface area contributed by atoms with Crippen LogP contribution >= 0.6 is 12.6 Å². The van der Waals surface area contributed by atoms with Gasteiger partial charge in [0.05, 0.1) is 0 Å². The lowest BCUT2D eigenvalue weighted by Gasteiger charge is -2.27. The fraction of sp³-hybridized carbons (Fsp3) is 0.429. The summed E-state index contributed by atoms with van der Waals surface area (Å²) in [5, 5.41) is 14.2. The third-order valence-corrected chi connectivity index (χ3v) is 4.63. The highest BCUT2D eigenvalue weighted by Crippen LogP contribution is 2.38. The van der Waals surface area contributed by atoms with Crippen molar-refractivity contribution in [1.29, 1.82) is 0 Å². The second-order valence-corrected chi connectivity index (χ2v) is 8.88. The predicted molar refractivity (Wildman–Crippen MR) is 107 cm³/mol. The van der Waals surface area contributed by atoms with Crippen LogP contribution in [0.15, 0.2) is 41.3 Å². The van der Waals surface area contributed by atoms with E-state index >= 15 is 0 Å². The molecule has 0 saturated heterocycles. The summed E-state index contributed by atoms with van der Waals surface area (Å²) in [6, 6.07) is 12.1. The monoisotopic (exact) mass is 343 g/mol. The molecule has 0 amide bonds. The van der Waals surface area contributed by atoms with Crippen molar-refractivity contribution in [3.05, 3.63) is 53.1 Å². The van der Waals surface area contributed by atoms with Crippen LogP contribution in [0.25, 0.3) is 0 Å². The van der Waals surface area contributed by atoms with Crippen LogP contribution in [0.5, 0.6) is 5.75 Å². The summed E-state index contributed by atoms with van der Waals surface area (Å²) >= 11 is 4.48. The Balaban J connectivity index is 2.43. The predicted octanol–water partition coefficient (Wildman–Crippen LogP) is 5.89. The molecule has 0 radical (unpaired) electrons. The van der Waals surface area contributed by atoms with Gasteiger partial charge in [0.25, 0.3) is 0 Å². The number of phenols is 1. The smallest absolute Gasteiger partial charge is 0.124 e. The fourth-order valence-electron chi connectivity index (χ4n) is 2.65. The molecule has 0 spiro atoms. The largest absolute Gasteiger partial charge is 0.507 e. The Morgan fingerprint density at radius 1 is 0.958 bits per heavy atom. The average molecular weight is 344 g/mol. The molecule has 2 aromatic carbocycles. The maximum absolute atomic E-state index is 10.8. The number of hydrogen-bond acceptors (Lipinski definition) is 3. The first-order valence-electron chi connectivity index (χ1n) is 8.39. The summed E-state index contributed by atoms with van der Waals surface area (Å²) in [5.74, 6) is 0.389. The molecule has 130 valence electrons. The van der Waals surface area contributed by atoms with Crippen molar-refractivity contribution in [2.45, 2.75) is 63.8 Å². The van der Waals surface area contributed by atoms with Gasteiger partial charge in [-0.25, -0.2) is 0 Å². The van der Waals surface area contributed by atoms with Crippen LogP contribution in [-0.2, 0) is 17.4 Å². The number of phenolic OH excluding ortho intramolecular Hbond substituents is 1. The van der Waals surface area contributed by atoms with Crippen LogP contribution < -0.4 is 5.32 Å². The molecule has 0 fully saturated rings. The van der Waals surface area contributed by atoms with Crippen molar-refractivity contribution in [3.8, 4) is 5.75 Å². The zero-order valence-electron chi connectivity index (χ0n) is 15.6. The number of rotatable bonds is 3. The van der Waals surface area contributed by atoms with Gasteiger partial charge in [0.2, 0.25) is 0 Å². The molecule has 2 nitrogen and oxygen atoms in total. The lowest BCUT2D eigenvalue weighted by molar-refractivity contribution is 0.439. The summed E-state index contributed by atoms with van der Waals surface area (Å²) in [6.07, 6.45) is 0. The van der Waals surface area contributed by atoms with E-state index in [1.165, 1.54) is 5.56 Å². The molecule has 0 heterocycles. The third kappa shape index (κ3) is 4.27. The highest BCUT2D eigenvalue weighted by atomic mass is 32.1. The summed E-state index contributed by atoms with van der Waals surface area (Å²) in [4.78, 5) is 0.903. The first-order chi connectivity index (χ1) is 11.0. The molecule has 0 aliphatic carbocycles. The number of para-hydroxylation sites is 1. The molecule has 0 atom stereocenters. The van der Waals surface area contributed by atoms with E-state index in [-0.39, 0.29) is 10.8 Å². The van der Waals surface area contributed by atoms with Crippen LogP contribution in [0.3, 0.4) is 0 Å². The Labute approximate surface area is 151 Å². The van der Waals surface area contributed by atoms with E-state index in [2.05, 4.69) is 71.6 Å². The number of thiol groups is 1. The van der Waals surface area contributed by atoms with Crippen molar-refractivity contribution in [2.75, 3.05) is 5.32 Å². The minimum atomic E-state index is -0.110. The quantitative estimate of drug-likeness (QED) is 0.607. The lowest BCUT2D eigenvalue weighted by atomic mass is 9.79. The van der Waals surface area contributed by atoms with Crippen molar-refractivity contribution in [3.63, 3.8) is 0 Å². The third-order valence-electron chi connectivity index (χ3n) is 4.24. The zero-order valence-corrected chi connectivity index (χ0v) is 16.5. The Hall–Kier alpha value is -1.61. The minimum Gasteiger partial charge on any atom is -0.507 e. The minimum absolute atomic E-state index is 0.0317. The van der Waals surface area contributed by atoms with Crippen LogP contribution in [0, 0.1) is 0 Å². The first kappa shape index (κ1) is 18.7. The summed E-state index contributed by atoms with van der Waals surface area (Å²) in [7, 11) is 0. The SMILES string of the molecule is CC(C)(C)c1cc(CNc2ccccc2S)c(O)c(C(C)(C)C)c1.